The van der Waals surface area contributed by atoms with Gasteiger partial charge in [-0.25, -0.2) is 10.2 Å². The summed E-state index contributed by atoms with van der Waals surface area (Å²) >= 11 is 0. The molecular weight excluding hydrogens is 1130 g/mol. The lowest BCUT2D eigenvalue weighted by molar-refractivity contribution is -0.202. The summed E-state index contributed by atoms with van der Waals surface area (Å²) in [6, 6.07) is -0.0538. The zero-order valence-corrected chi connectivity index (χ0v) is 54.0. The Hall–Kier alpha value is -4.94. The van der Waals surface area contributed by atoms with E-state index in [1.807, 2.05) is 85.8 Å². The molecule has 9 saturated heterocycles. The number of aliphatic hydroxyl groups is 2. The van der Waals surface area contributed by atoms with Crippen LogP contribution < -0.4 is 21.4 Å². The highest BCUT2D eigenvalue weighted by molar-refractivity contribution is 6.01. The molecule has 9 fully saturated rings. The summed E-state index contributed by atoms with van der Waals surface area (Å²) < 4.78 is 36.1. The van der Waals surface area contributed by atoms with Crippen LogP contribution in [0, 0.1) is 23.7 Å². The highest BCUT2D eigenvalue weighted by Gasteiger charge is 2.60. The largest absolute Gasteiger partial charge is 0.387 e. The Kier molecular flexibility index (Phi) is 26.8. The number of nitrogens with one attached hydrogen (secondary N) is 4. The van der Waals surface area contributed by atoms with E-state index in [0.717, 1.165) is 56.3 Å². The predicted octanol–water partition coefficient (Wildman–Crippen LogP) is 6.63. The third-order valence-electron chi connectivity index (χ3n) is 18.0. The Morgan fingerprint density at radius 3 is 1.50 bits per heavy atom. The second-order valence-corrected chi connectivity index (χ2v) is 26.6. The molecule has 0 aromatic carbocycles. The highest BCUT2D eigenvalue weighted by atomic mass is 16.7. The molecule has 0 bridgehead atoms. The molecule has 9 heterocycles. The van der Waals surface area contributed by atoms with E-state index in [0.29, 0.717) is 55.3 Å². The fraction of sp³-hybridized carbons (Fsp3) is 0.731. The van der Waals surface area contributed by atoms with Crippen molar-refractivity contribution in [2.75, 3.05) is 39.4 Å². The number of piperidine rings is 1. The van der Waals surface area contributed by atoms with Gasteiger partial charge in [-0.15, -0.1) is 5.06 Å². The lowest BCUT2D eigenvalue weighted by atomic mass is 9.87. The molecule has 2 spiro atoms. The molecule has 21 heteroatoms. The Balaban J connectivity index is 0.000000229. The van der Waals surface area contributed by atoms with E-state index in [4.69, 9.17) is 33.3 Å². The number of aliphatic hydroxyl groups excluding tert-OH is 2. The lowest BCUT2D eigenvalue weighted by Gasteiger charge is -2.39. The molecule has 88 heavy (non-hydrogen) atoms. The molecule has 6 N–H and O–H groups in total. The molecule has 0 aliphatic carbocycles. The number of nitrogens with zero attached hydrogens (tertiary/aromatic N) is 2. The van der Waals surface area contributed by atoms with Crippen LogP contribution in [0.5, 0.6) is 0 Å². The van der Waals surface area contributed by atoms with Crippen molar-refractivity contribution in [1.29, 1.82) is 0 Å². The van der Waals surface area contributed by atoms with E-state index >= 15 is 0 Å². The average Bonchev–Trinajstić information content (AvgIpc) is 2.96. The highest BCUT2D eigenvalue weighted by Crippen LogP contribution is 2.45. The number of rotatable bonds is 19. The third kappa shape index (κ3) is 21.3. The minimum atomic E-state index is -0.902. The lowest BCUT2D eigenvalue weighted by Crippen LogP contribution is -2.52. The van der Waals surface area contributed by atoms with E-state index in [1.54, 1.807) is 23.2 Å². The van der Waals surface area contributed by atoms with Crippen molar-refractivity contribution >= 4 is 35.5 Å². The van der Waals surface area contributed by atoms with Gasteiger partial charge >= 0.3 is 5.97 Å². The first kappa shape index (κ1) is 70.5. The minimum absolute atomic E-state index is 0.00652. The van der Waals surface area contributed by atoms with Crippen molar-refractivity contribution in [2.45, 2.75) is 250 Å². The van der Waals surface area contributed by atoms with Crippen molar-refractivity contribution in [1.82, 2.24) is 31.4 Å². The van der Waals surface area contributed by atoms with Gasteiger partial charge in [-0.3, -0.25) is 29.0 Å². The van der Waals surface area contributed by atoms with Crippen molar-refractivity contribution < 1.29 is 72.2 Å². The zero-order valence-electron chi connectivity index (χ0n) is 54.0. The Morgan fingerprint density at radius 2 is 1.10 bits per heavy atom. The van der Waals surface area contributed by atoms with E-state index in [9.17, 15) is 39.0 Å². The quantitative estimate of drug-likeness (QED) is 0.0343. The summed E-state index contributed by atoms with van der Waals surface area (Å²) in [6.45, 7) is 25.3. The summed E-state index contributed by atoms with van der Waals surface area (Å²) in [5, 5.41) is 33.5. The Labute approximate surface area is 522 Å². The van der Waals surface area contributed by atoms with Crippen LogP contribution in [0.3, 0.4) is 0 Å². The van der Waals surface area contributed by atoms with Gasteiger partial charge < -0.3 is 59.4 Å². The number of hydrazine groups is 1. The van der Waals surface area contributed by atoms with Gasteiger partial charge in [-0.05, 0) is 128 Å². The number of ether oxygens (including phenoxy) is 6. The van der Waals surface area contributed by atoms with E-state index in [-0.39, 0.29) is 91.9 Å². The molecular formula is C67H104N6O15. The summed E-state index contributed by atoms with van der Waals surface area (Å²) in [5.41, 5.74) is 3.78. The molecule has 0 aromatic heterocycles. The molecule has 0 unspecified atom stereocenters. The van der Waals surface area contributed by atoms with Crippen LogP contribution in [0.15, 0.2) is 71.9 Å². The van der Waals surface area contributed by atoms with E-state index < -0.39 is 59.5 Å². The molecule has 9 aliphatic rings. The maximum absolute atomic E-state index is 12.8. The Morgan fingerprint density at radius 1 is 0.648 bits per heavy atom. The van der Waals surface area contributed by atoms with Crippen LogP contribution in [-0.4, -0.2) is 180 Å². The van der Waals surface area contributed by atoms with Gasteiger partial charge in [0, 0.05) is 38.8 Å². The monoisotopic (exact) mass is 1230 g/mol. The molecule has 21 nitrogen and oxygen atoms in total. The minimum Gasteiger partial charge on any atom is -0.387 e. The first-order valence-electron chi connectivity index (χ1n) is 32.7. The summed E-state index contributed by atoms with van der Waals surface area (Å²) in [5.74, 6) is -0.781. The first-order chi connectivity index (χ1) is 41.9. The summed E-state index contributed by atoms with van der Waals surface area (Å²) in [7, 11) is 0. The van der Waals surface area contributed by atoms with Crippen molar-refractivity contribution in [3.05, 3.63) is 71.9 Å². The molecule has 9 aliphatic heterocycles. The van der Waals surface area contributed by atoms with Crippen LogP contribution in [0.4, 0.5) is 0 Å². The molecule has 0 saturated carbocycles. The second kappa shape index (κ2) is 33.4. The summed E-state index contributed by atoms with van der Waals surface area (Å²) in [4.78, 5) is 78.2. The molecule has 0 radical (unpaired) electrons. The number of hydrogen-bond donors (Lipinski definition) is 6. The zero-order chi connectivity index (χ0) is 63.7. The third-order valence-corrected chi connectivity index (χ3v) is 18.0. The van der Waals surface area contributed by atoms with Crippen molar-refractivity contribution in [3.63, 3.8) is 0 Å². The van der Waals surface area contributed by atoms with Gasteiger partial charge in [0.05, 0.1) is 74.8 Å². The number of epoxide rings is 2. The Bertz CT molecular complexity index is 2500. The predicted molar refractivity (Wildman–Crippen MR) is 331 cm³/mol. The van der Waals surface area contributed by atoms with Gasteiger partial charge in [0.1, 0.15) is 35.6 Å². The second-order valence-electron chi connectivity index (χ2n) is 26.6. The van der Waals surface area contributed by atoms with E-state index in [1.165, 1.54) is 32.4 Å². The van der Waals surface area contributed by atoms with Crippen LogP contribution in [0.25, 0.3) is 0 Å². The number of carbonyl (C=O) groups is 6. The van der Waals surface area contributed by atoms with Gasteiger partial charge in [0.15, 0.2) is 0 Å². The van der Waals surface area contributed by atoms with Gasteiger partial charge in [0.25, 0.3) is 11.8 Å². The van der Waals surface area contributed by atoms with Crippen molar-refractivity contribution in [3.8, 4) is 0 Å². The number of imide groups is 1. The fourth-order valence-electron chi connectivity index (χ4n) is 12.3. The smallest absolute Gasteiger partial charge is 0.335 e. The standard InChI is InChI=1S/C31H49N3O6.C31H44N2O9.C5H11N/c1-20(2)8-13-28(35)33-25-16-22(4)26(39-23(25)5)11-9-21(3)10-12-27-30(37)31(19-38-31)18-24(40-27)17-29(36)34-15-7-6-14-32-34;1-18(2)6-11-26(34)32-23-14-20(4)24(40-21(23)5)9-7-19(3)8-10-25-30(38)31(17-39-31)16-22(41-25)15-29(37)42-33-27(35)12-13-28(33)36;1-2-4-6-5-3-1/h8-10,12-13,20,22-27,30,32,37H,6-7,11,14-19H2,1-5H3,(H,33,35);6-8,10-11,18,20-25,30,38H,9,12-17H2,1-5H3,(H,32,34);6H,1-5H2/b12-10+,13-8-,21-9+;10-8+,11-6-,19-7+;/t22-,23+,24+,25+,26-,27+,30+,31+;20-,21+,22+,23+,24-,25+,30+,31+;/m00./s1. The normalized spacial score (nSPS) is 35.4. The van der Waals surface area contributed by atoms with Crippen LogP contribution in [-0.2, 0) is 62.0 Å². The van der Waals surface area contributed by atoms with Gasteiger partial charge in [-0.1, -0.05) is 108 Å². The number of hydrogen-bond acceptors (Lipinski definition) is 17. The van der Waals surface area contributed by atoms with Crippen LogP contribution >= 0.6 is 0 Å². The number of amides is 5. The van der Waals surface area contributed by atoms with Crippen LogP contribution in [0.2, 0.25) is 0 Å². The van der Waals surface area contributed by atoms with Gasteiger partial charge in [-0.2, -0.15) is 0 Å². The SMILES string of the molecule is C1CCNCC1.CC(/C=C/[C@H]1O[C@H](CC(=O)N2CCCCN2)C[C@@]2(CO2)[C@@H]1O)=C\C[C@@H]1O[C@H](C)[C@H](NC(=O)/C=C\C(C)C)C[C@@H]1C.CC(/C=C/[C@H]1O[C@H](CC(=O)ON2C(=O)CCC2=O)C[C@@]2(CO2)[C@@H]1O)=C\C[C@@H]1O[C@H](C)[C@H](NC(=O)/C=C\C(C)C)C[C@@H]1C. The van der Waals surface area contributed by atoms with Crippen LogP contribution in [0.1, 0.15) is 166 Å². The molecule has 9 rings (SSSR count). The maximum atomic E-state index is 12.8. The van der Waals surface area contributed by atoms with Gasteiger partial charge in [0.2, 0.25) is 17.7 Å². The summed E-state index contributed by atoms with van der Waals surface area (Å²) in [6.07, 6.45) is 25.2. The fourth-order valence-corrected chi connectivity index (χ4v) is 12.3. The average molecular weight is 1230 g/mol. The number of carbonyl (C=O) groups excluding carboxylic acids is 6. The number of hydroxylamine groups is 2. The molecule has 16 atom stereocenters. The van der Waals surface area contributed by atoms with Crippen molar-refractivity contribution in [2.24, 2.45) is 23.7 Å². The number of allylic oxidation sites excluding steroid dienone is 6. The first-order valence-corrected chi connectivity index (χ1v) is 32.7. The molecule has 0 aromatic rings. The maximum Gasteiger partial charge on any atom is 0.335 e. The van der Waals surface area contributed by atoms with E-state index in [2.05, 4.69) is 47.4 Å². The topological polar surface area (TPSA) is 269 Å². The molecule has 492 valence electrons. The molecule has 5 amide bonds.